The van der Waals surface area contributed by atoms with Crippen molar-refractivity contribution in [3.63, 3.8) is 0 Å². The van der Waals surface area contributed by atoms with Gasteiger partial charge in [-0.15, -0.1) is 0 Å². The Morgan fingerprint density at radius 2 is 2.25 bits per heavy atom. The zero-order valence-electron chi connectivity index (χ0n) is 15.2. The second kappa shape index (κ2) is 7.32. The number of ether oxygens (including phenoxy) is 1. The molecule has 0 saturated carbocycles. The van der Waals surface area contributed by atoms with Crippen LogP contribution in [0.4, 0.5) is 0 Å². The molecule has 0 aliphatic carbocycles. The van der Waals surface area contributed by atoms with Gasteiger partial charge < -0.3 is 9.64 Å². The average molecular weight is 333 g/mol. The summed E-state index contributed by atoms with van der Waals surface area (Å²) in [5, 5.41) is 13.6. The standard InChI is InChI=1S/C17H27N5O2/c1-13-8-14(2)22(19-13)10-15-9-21(6-7-24-15)11-16(23)20(5)17(3,4)12-18/h8,15H,6-7,9-11H2,1-5H3/t15-/m1/s1. The summed E-state index contributed by atoms with van der Waals surface area (Å²) in [6.07, 6.45) is 0.0128. The van der Waals surface area contributed by atoms with E-state index in [2.05, 4.69) is 16.1 Å². The highest BCUT2D eigenvalue weighted by atomic mass is 16.5. The Bertz CT molecular complexity index is 631. The van der Waals surface area contributed by atoms with Crippen LogP contribution in [-0.4, -0.2) is 70.4 Å². The van der Waals surface area contributed by atoms with Crippen LogP contribution in [0.15, 0.2) is 6.07 Å². The van der Waals surface area contributed by atoms with E-state index in [4.69, 9.17) is 10.00 Å². The molecule has 1 fully saturated rings. The lowest BCUT2D eigenvalue weighted by Gasteiger charge is -2.35. The summed E-state index contributed by atoms with van der Waals surface area (Å²) in [5.41, 5.74) is 1.31. The smallest absolute Gasteiger partial charge is 0.237 e. The van der Waals surface area contributed by atoms with Crippen molar-refractivity contribution in [3.05, 3.63) is 17.5 Å². The van der Waals surface area contributed by atoms with Crippen LogP contribution in [0, 0.1) is 25.2 Å². The summed E-state index contributed by atoms with van der Waals surface area (Å²) in [5.74, 6) is -0.0479. The van der Waals surface area contributed by atoms with Gasteiger partial charge >= 0.3 is 0 Å². The topological polar surface area (TPSA) is 74.4 Å². The molecule has 1 aromatic rings. The Hall–Kier alpha value is -1.91. The highest BCUT2D eigenvalue weighted by molar-refractivity contribution is 5.79. The van der Waals surface area contributed by atoms with Crippen LogP contribution in [-0.2, 0) is 16.1 Å². The first kappa shape index (κ1) is 18.4. The van der Waals surface area contributed by atoms with E-state index in [1.807, 2.05) is 24.6 Å². The molecule has 2 heterocycles. The molecule has 0 bridgehead atoms. The second-order valence-electron chi connectivity index (χ2n) is 6.96. The van der Waals surface area contributed by atoms with Gasteiger partial charge in [-0.25, -0.2) is 0 Å². The molecule has 1 aliphatic heterocycles. The zero-order chi connectivity index (χ0) is 17.9. The molecule has 7 nitrogen and oxygen atoms in total. The number of rotatable bonds is 5. The van der Waals surface area contributed by atoms with Crippen molar-refractivity contribution in [2.24, 2.45) is 0 Å². The van der Waals surface area contributed by atoms with Gasteiger partial charge in [0.15, 0.2) is 0 Å². The Morgan fingerprint density at radius 3 is 2.83 bits per heavy atom. The van der Waals surface area contributed by atoms with E-state index in [-0.39, 0.29) is 12.0 Å². The van der Waals surface area contributed by atoms with Crippen molar-refractivity contribution in [2.75, 3.05) is 33.3 Å². The average Bonchev–Trinajstić information content (AvgIpc) is 2.84. The van der Waals surface area contributed by atoms with Gasteiger partial charge in [0.05, 0.1) is 37.6 Å². The lowest BCUT2D eigenvalue weighted by Crippen LogP contribution is -2.52. The fourth-order valence-electron chi connectivity index (χ4n) is 2.77. The Kier molecular flexibility index (Phi) is 5.62. The van der Waals surface area contributed by atoms with Crippen LogP contribution < -0.4 is 0 Å². The largest absolute Gasteiger partial charge is 0.374 e. The molecule has 0 unspecified atom stereocenters. The molecular formula is C17H27N5O2. The molecule has 0 spiro atoms. The molecule has 24 heavy (non-hydrogen) atoms. The van der Waals surface area contributed by atoms with E-state index in [1.165, 1.54) is 4.90 Å². The van der Waals surface area contributed by atoms with Gasteiger partial charge in [-0.05, 0) is 33.8 Å². The monoisotopic (exact) mass is 333 g/mol. The fourth-order valence-corrected chi connectivity index (χ4v) is 2.77. The predicted octanol–water partition coefficient (Wildman–Crippen LogP) is 0.961. The number of carbonyl (C=O) groups is 1. The number of morpholine rings is 1. The molecule has 1 aromatic heterocycles. The third kappa shape index (κ3) is 4.34. The van der Waals surface area contributed by atoms with Crippen molar-refractivity contribution in [1.82, 2.24) is 19.6 Å². The Balaban J connectivity index is 1.92. The molecule has 132 valence electrons. The first-order chi connectivity index (χ1) is 11.2. The molecule has 0 aromatic carbocycles. The number of hydrogen-bond donors (Lipinski definition) is 0. The van der Waals surface area contributed by atoms with Gasteiger partial charge in [0.25, 0.3) is 0 Å². The maximum absolute atomic E-state index is 12.4. The number of likely N-dealkylation sites (N-methyl/N-ethyl adjacent to an activating group) is 1. The number of nitriles is 1. The summed E-state index contributed by atoms with van der Waals surface area (Å²) < 4.78 is 7.78. The Morgan fingerprint density at radius 1 is 1.54 bits per heavy atom. The zero-order valence-corrected chi connectivity index (χ0v) is 15.2. The molecule has 1 aliphatic rings. The van der Waals surface area contributed by atoms with Gasteiger partial charge in [0.1, 0.15) is 5.54 Å². The molecule has 0 N–H and O–H groups in total. The number of aromatic nitrogens is 2. The number of nitrogens with zero attached hydrogens (tertiary/aromatic N) is 5. The van der Waals surface area contributed by atoms with Gasteiger partial charge in [-0.3, -0.25) is 14.4 Å². The third-order valence-electron chi connectivity index (χ3n) is 4.55. The lowest BCUT2D eigenvalue weighted by molar-refractivity contribution is -0.136. The minimum absolute atomic E-state index is 0.0128. The molecule has 2 rings (SSSR count). The quantitative estimate of drug-likeness (QED) is 0.802. The maximum Gasteiger partial charge on any atom is 0.237 e. The first-order valence-corrected chi connectivity index (χ1v) is 8.26. The van der Waals surface area contributed by atoms with Crippen LogP contribution >= 0.6 is 0 Å². The third-order valence-corrected chi connectivity index (χ3v) is 4.55. The van der Waals surface area contributed by atoms with Crippen molar-refractivity contribution in [3.8, 4) is 6.07 Å². The molecular weight excluding hydrogens is 306 g/mol. The summed E-state index contributed by atoms with van der Waals surface area (Å²) in [4.78, 5) is 16.0. The number of hydrogen-bond acceptors (Lipinski definition) is 5. The van der Waals surface area contributed by atoms with E-state index in [1.54, 1.807) is 20.9 Å². The number of amides is 1. The van der Waals surface area contributed by atoms with Crippen LogP contribution in [0.1, 0.15) is 25.2 Å². The van der Waals surface area contributed by atoms with E-state index in [0.717, 1.165) is 17.9 Å². The van der Waals surface area contributed by atoms with E-state index < -0.39 is 5.54 Å². The van der Waals surface area contributed by atoms with Crippen molar-refractivity contribution >= 4 is 5.91 Å². The SMILES string of the molecule is Cc1cc(C)n(C[C@H]2CN(CC(=O)N(C)C(C)(C)C#N)CCO2)n1. The summed E-state index contributed by atoms with van der Waals surface area (Å²) in [6.45, 7) is 10.5. The molecule has 1 saturated heterocycles. The van der Waals surface area contributed by atoms with Crippen LogP contribution in [0.25, 0.3) is 0 Å². The molecule has 7 heteroatoms. The molecule has 1 amide bonds. The van der Waals surface area contributed by atoms with Crippen LogP contribution in [0.3, 0.4) is 0 Å². The number of aryl methyl sites for hydroxylation is 2. The molecule has 1 atom stereocenters. The highest BCUT2D eigenvalue weighted by Crippen LogP contribution is 2.13. The molecule has 0 radical (unpaired) electrons. The second-order valence-corrected chi connectivity index (χ2v) is 6.96. The highest BCUT2D eigenvalue weighted by Gasteiger charge is 2.30. The van der Waals surface area contributed by atoms with Crippen molar-refractivity contribution < 1.29 is 9.53 Å². The van der Waals surface area contributed by atoms with E-state index in [9.17, 15) is 4.79 Å². The van der Waals surface area contributed by atoms with Crippen LogP contribution in [0.2, 0.25) is 0 Å². The summed E-state index contributed by atoms with van der Waals surface area (Å²) in [7, 11) is 1.68. The summed E-state index contributed by atoms with van der Waals surface area (Å²) in [6, 6.07) is 4.20. The van der Waals surface area contributed by atoms with Gasteiger partial charge in [0, 0.05) is 25.8 Å². The van der Waals surface area contributed by atoms with E-state index >= 15 is 0 Å². The van der Waals surface area contributed by atoms with Crippen LogP contribution in [0.5, 0.6) is 0 Å². The first-order valence-electron chi connectivity index (χ1n) is 8.26. The van der Waals surface area contributed by atoms with Crippen molar-refractivity contribution in [1.29, 1.82) is 5.26 Å². The minimum atomic E-state index is -0.799. The predicted molar refractivity (Wildman–Crippen MR) is 90.3 cm³/mol. The minimum Gasteiger partial charge on any atom is -0.374 e. The lowest BCUT2D eigenvalue weighted by atomic mass is 10.1. The number of carbonyl (C=O) groups excluding carboxylic acids is 1. The normalized spacial score (nSPS) is 19.1. The Labute approximate surface area is 143 Å². The van der Waals surface area contributed by atoms with Gasteiger partial charge in [-0.2, -0.15) is 10.4 Å². The summed E-state index contributed by atoms with van der Waals surface area (Å²) >= 11 is 0. The van der Waals surface area contributed by atoms with Gasteiger partial charge in [0.2, 0.25) is 5.91 Å². The fraction of sp³-hybridized carbons (Fsp3) is 0.706. The van der Waals surface area contributed by atoms with Crippen molar-refractivity contribution in [2.45, 2.75) is 45.9 Å². The van der Waals surface area contributed by atoms with E-state index in [0.29, 0.717) is 26.2 Å². The van der Waals surface area contributed by atoms with Gasteiger partial charge in [-0.1, -0.05) is 0 Å². The maximum atomic E-state index is 12.4.